The zero-order valence-electron chi connectivity index (χ0n) is 25.1. The third-order valence-corrected chi connectivity index (χ3v) is 8.24. The van der Waals surface area contributed by atoms with Gasteiger partial charge in [0.05, 0.1) is 35.2 Å². The Bertz CT molecular complexity index is 1550. The normalized spacial score (nSPS) is 12.1. The molecule has 4 rings (SSSR count). The molecule has 4 aromatic rings. The Morgan fingerprint density at radius 3 is 2.43 bits per heavy atom. The average molecular weight is 621 g/mol. The Morgan fingerprint density at radius 1 is 0.977 bits per heavy atom. The predicted octanol–water partition coefficient (Wildman–Crippen LogP) is 7.92. The number of unbranched alkanes of at least 4 members (excludes halogenated alkanes) is 1. The molecular formula is C35H38F2N2O4S. The standard InChI is InChI=1S/C35H38F2N2O4S/c1-3-5-19-42-32-13-9-27(10-14-32)28-11-17-34(43-23-35(36)37)29(21-28)8-12-31(40)20-26-6-15-33(16-7-26)44(41)24-30-22-38-25-39(30)18-4-2/h6-17,21-22,25,35H,3-5,18-20,23-24H2,1-2H3/b12-8+/t44-/m1/s1. The van der Waals surface area contributed by atoms with Gasteiger partial charge < -0.3 is 14.0 Å². The number of halogens is 2. The maximum absolute atomic E-state index is 12.9. The van der Waals surface area contributed by atoms with Crippen LogP contribution in [0.5, 0.6) is 11.5 Å². The van der Waals surface area contributed by atoms with E-state index in [1.807, 2.05) is 34.9 Å². The molecule has 0 fully saturated rings. The first-order valence-corrected chi connectivity index (χ1v) is 16.1. The minimum Gasteiger partial charge on any atom is -0.494 e. The molecule has 0 bridgehead atoms. The number of carbonyl (C=O) groups excluding carboxylic acids is 1. The molecule has 0 radical (unpaired) electrons. The van der Waals surface area contributed by atoms with Crippen molar-refractivity contribution in [2.75, 3.05) is 13.2 Å². The summed E-state index contributed by atoms with van der Waals surface area (Å²) in [7, 11) is -1.24. The quantitative estimate of drug-likeness (QED) is 0.0886. The van der Waals surface area contributed by atoms with Crippen LogP contribution in [-0.4, -0.2) is 39.2 Å². The molecule has 9 heteroatoms. The lowest BCUT2D eigenvalue weighted by molar-refractivity contribution is -0.113. The molecule has 0 amide bonds. The smallest absolute Gasteiger partial charge is 0.272 e. The molecule has 44 heavy (non-hydrogen) atoms. The number of rotatable bonds is 17. The van der Waals surface area contributed by atoms with E-state index in [0.29, 0.717) is 22.8 Å². The SMILES string of the molecule is CCCCOc1ccc(-c2ccc(OCC(F)F)c(/C=C/C(=O)Cc3ccc([S@](=O)Cc4cncn4CCC)cc3)c2)cc1. The second-order valence-corrected chi connectivity index (χ2v) is 11.8. The molecule has 1 atom stereocenters. The van der Waals surface area contributed by atoms with Crippen molar-refractivity contribution >= 4 is 22.7 Å². The number of hydrogen-bond acceptors (Lipinski definition) is 5. The molecule has 1 heterocycles. The first-order chi connectivity index (χ1) is 21.4. The number of imidazole rings is 1. The average Bonchev–Trinajstić information content (AvgIpc) is 3.46. The molecule has 6 nitrogen and oxygen atoms in total. The van der Waals surface area contributed by atoms with Crippen LogP contribution in [0.25, 0.3) is 17.2 Å². The third kappa shape index (κ3) is 9.71. The van der Waals surface area contributed by atoms with Crippen molar-refractivity contribution in [3.05, 3.63) is 102 Å². The van der Waals surface area contributed by atoms with E-state index in [2.05, 4.69) is 18.8 Å². The van der Waals surface area contributed by atoms with Gasteiger partial charge in [0.25, 0.3) is 6.43 Å². The van der Waals surface area contributed by atoms with Crippen LogP contribution in [0.1, 0.15) is 49.9 Å². The zero-order chi connectivity index (χ0) is 31.3. The number of benzene rings is 3. The molecule has 0 aliphatic carbocycles. The van der Waals surface area contributed by atoms with E-state index < -0.39 is 23.8 Å². The lowest BCUT2D eigenvalue weighted by Gasteiger charge is -2.12. The van der Waals surface area contributed by atoms with Gasteiger partial charge in [-0.2, -0.15) is 0 Å². The number of ether oxygens (including phenoxy) is 2. The van der Waals surface area contributed by atoms with Crippen molar-refractivity contribution in [1.82, 2.24) is 9.55 Å². The summed E-state index contributed by atoms with van der Waals surface area (Å²) in [5.74, 6) is 1.25. The van der Waals surface area contributed by atoms with Crippen LogP contribution in [0.15, 0.2) is 90.2 Å². The summed E-state index contributed by atoms with van der Waals surface area (Å²) >= 11 is 0. The van der Waals surface area contributed by atoms with Gasteiger partial charge in [0.15, 0.2) is 5.78 Å². The van der Waals surface area contributed by atoms with E-state index in [9.17, 15) is 17.8 Å². The number of aryl methyl sites for hydroxylation is 1. The van der Waals surface area contributed by atoms with E-state index in [0.717, 1.165) is 53.9 Å². The van der Waals surface area contributed by atoms with Crippen LogP contribution in [-0.2, 0) is 34.3 Å². The number of ketones is 1. The van der Waals surface area contributed by atoms with Crippen molar-refractivity contribution in [3.8, 4) is 22.6 Å². The van der Waals surface area contributed by atoms with Gasteiger partial charge >= 0.3 is 0 Å². The summed E-state index contributed by atoms with van der Waals surface area (Å²) in [4.78, 5) is 17.7. The van der Waals surface area contributed by atoms with Gasteiger partial charge in [-0.3, -0.25) is 9.00 Å². The van der Waals surface area contributed by atoms with Crippen LogP contribution in [0.3, 0.4) is 0 Å². The molecule has 1 aromatic heterocycles. The molecule has 0 N–H and O–H groups in total. The second kappa shape index (κ2) is 16.7. The Kier molecular flexibility index (Phi) is 12.4. The number of aromatic nitrogens is 2. The number of carbonyl (C=O) groups is 1. The Hall–Kier alpha value is -4.11. The maximum atomic E-state index is 12.9. The minimum absolute atomic E-state index is 0.138. The van der Waals surface area contributed by atoms with E-state index in [1.165, 1.54) is 6.08 Å². The summed E-state index contributed by atoms with van der Waals surface area (Å²) in [5.41, 5.74) is 3.99. The van der Waals surface area contributed by atoms with Gasteiger partial charge in [-0.05, 0) is 78.1 Å². The molecule has 0 unspecified atom stereocenters. The van der Waals surface area contributed by atoms with Crippen LogP contribution in [0.2, 0.25) is 0 Å². The molecule has 3 aromatic carbocycles. The highest BCUT2D eigenvalue weighted by Crippen LogP contribution is 2.29. The van der Waals surface area contributed by atoms with Crippen LogP contribution < -0.4 is 9.47 Å². The molecule has 0 aliphatic rings. The van der Waals surface area contributed by atoms with Crippen molar-refractivity contribution in [2.45, 2.75) is 63.1 Å². The lowest BCUT2D eigenvalue weighted by Crippen LogP contribution is -2.08. The highest BCUT2D eigenvalue weighted by atomic mass is 32.2. The second-order valence-electron chi connectivity index (χ2n) is 10.4. The Morgan fingerprint density at radius 2 is 1.73 bits per heavy atom. The molecule has 0 aliphatic heterocycles. The summed E-state index contributed by atoms with van der Waals surface area (Å²) in [6, 6.07) is 20.1. The van der Waals surface area contributed by atoms with Crippen LogP contribution >= 0.6 is 0 Å². The molecule has 0 saturated carbocycles. The van der Waals surface area contributed by atoms with E-state index in [1.54, 1.807) is 55.0 Å². The third-order valence-electron chi connectivity index (χ3n) is 6.88. The fourth-order valence-electron chi connectivity index (χ4n) is 4.55. The van der Waals surface area contributed by atoms with Gasteiger partial charge in [-0.1, -0.05) is 50.6 Å². The van der Waals surface area contributed by atoms with Gasteiger partial charge in [-0.25, -0.2) is 13.8 Å². The summed E-state index contributed by atoms with van der Waals surface area (Å²) in [5, 5.41) is 0. The number of hydrogen-bond donors (Lipinski definition) is 0. The maximum Gasteiger partial charge on any atom is 0.272 e. The van der Waals surface area contributed by atoms with Crippen molar-refractivity contribution in [2.24, 2.45) is 0 Å². The topological polar surface area (TPSA) is 70.4 Å². The summed E-state index contributed by atoms with van der Waals surface area (Å²) < 4.78 is 51.8. The minimum atomic E-state index is -2.62. The Labute approximate surface area is 260 Å². The highest BCUT2D eigenvalue weighted by molar-refractivity contribution is 7.84. The molecule has 0 saturated heterocycles. The van der Waals surface area contributed by atoms with Crippen molar-refractivity contribution < 1.29 is 27.3 Å². The molecule has 232 valence electrons. The summed E-state index contributed by atoms with van der Waals surface area (Å²) in [6.45, 7) is 4.93. The monoisotopic (exact) mass is 620 g/mol. The van der Waals surface area contributed by atoms with Crippen molar-refractivity contribution in [3.63, 3.8) is 0 Å². The number of nitrogens with zero attached hydrogens (tertiary/aromatic N) is 2. The van der Waals surface area contributed by atoms with Crippen molar-refractivity contribution in [1.29, 1.82) is 0 Å². The lowest BCUT2D eigenvalue weighted by atomic mass is 10.0. The van der Waals surface area contributed by atoms with Crippen LogP contribution in [0, 0.1) is 0 Å². The predicted molar refractivity (Wildman–Crippen MR) is 171 cm³/mol. The first kappa shape index (κ1) is 32.8. The number of alkyl halides is 2. The first-order valence-electron chi connectivity index (χ1n) is 14.8. The van der Waals surface area contributed by atoms with Gasteiger partial charge in [0, 0.05) is 29.6 Å². The van der Waals surface area contributed by atoms with Gasteiger partial charge in [0.2, 0.25) is 0 Å². The fourth-order valence-corrected chi connectivity index (χ4v) is 5.67. The van der Waals surface area contributed by atoms with Gasteiger partial charge in [0.1, 0.15) is 18.1 Å². The van der Waals surface area contributed by atoms with Crippen LogP contribution in [0.4, 0.5) is 8.78 Å². The van der Waals surface area contributed by atoms with E-state index >= 15 is 0 Å². The molecule has 0 spiro atoms. The zero-order valence-corrected chi connectivity index (χ0v) is 25.9. The van der Waals surface area contributed by atoms with E-state index in [4.69, 9.17) is 9.47 Å². The Balaban J connectivity index is 1.43. The largest absolute Gasteiger partial charge is 0.494 e. The fraction of sp³-hybridized carbons (Fsp3) is 0.314. The highest BCUT2D eigenvalue weighted by Gasteiger charge is 2.12. The molecular weight excluding hydrogens is 582 g/mol. The van der Waals surface area contributed by atoms with E-state index in [-0.39, 0.29) is 18.0 Å². The summed E-state index contributed by atoms with van der Waals surface area (Å²) in [6.07, 6.45) is 7.04. The number of allylic oxidation sites excluding steroid dienone is 1. The van der Waals surface area contributed by atoms with Gasteiger partial charge in [-0.15, -0.1) is 0 Å².